The zero-order valence-corrected chi connectivity index (χ0v) is 8.05. The fraction of sp³-hybridized carbons (Fsp3) is 0.818. The minimum atomic E-state index is -0.0886. The van der Waals surface area contributed by atoms with Crippen molar-refractivity contribution in [1.29, 1.82) is 0 Å². The molecular formula is C11H20O. The summed E-state index contributed by atoms with van der Waals surface area (Å²) in [5, 5.41) is 9.60. The number of hydrogen-bond acceptors (Lipinski definition) is 1. The molecule has 70 valence electrons. The van der Waals surface area contributed by atoms with E-state index in [0.717, 1.165) is 19.3 Å². The number of rotatable bonds is 4. The maximum atomic E-state index is 9.60. The van der Waals surface area contributed by atoms with Crippen LogP contribution in [0.1, 0.15) is 45.4 Å². The molecule has 1 saturated carbocycles. The van der Waals surface area contributed by atoms with Crippen molar-refractivity contribution in [2.75, 3.05) is 0 Å². The lowest BCUT2D eigenvalue weighted by atomic mass is 9.93. The topological polar surface area (TPSA) is 20.2 Å². The summed E-state index contributed by atoms with van der Waals surface area (Å²) in [4.78, 5) is 0. The van der Waals surface area contributed by atoms with Gasteiger partial charge in [-0.3, -0.25) is 0 Å². The summed E-state index contributed by atoms with van der Waals surface area (Å²) < 4.78 is 0. The summed E-state index contributed by atoms with van der Waals surface area (Å²) in [5.41, 5.74) is 1.28. The Morgan fingerprint density at radius 2 is 2.25 bits per heavy atom. The van der Waals surface area contributed by atoms with Crippen molar-refractivity contribution >= 4 is 0 Å². The maximum Gasteiger partial charge on any atom is 0.0605 e. The van der Waals surface area contributed by atoms with E-state index in [1.807, 2.05) is 0 Å². The predicted octanol–water partition coefficient (Wildman–Crippen LogP) is 2.89. The molecule has 1 nitrogen and oxygen atoms in total. The van der Waals surface area contributed by atoms with Crippen molar-refractivity contribution < 1.29 is 5.11 Å². The third-order valence-electron chi connectivity index (χ3n) is 2.86. The van der Waals surface area contributed by atoms with Gasteiger partial charge < -0.3 is 5.11 Å². The molecule has 1 heteroatoms. The van der Waals surface area contributed by atoms with E-state index in [2.05, 4.69) is 13.5 Å². The average Bonchev–Trinajstić information content (AvgIpc) is 2.47. The van der Waals surface area contributed by atoms with Gasteiger partial charge in [0, 0.05) is 5.92 Å². The molecule has 0 aromatic heterocycles. The quantitative estimate of drug-likeness (QED) is 0.640. The summed E-state index contributed by atoms with van der Waals surface area (Å²) in [6, 6.07) is 0. The minimum Gasteiger partial charge on any atom is -0.393 e. The highest BCUT2D eigenvalue weighted by molar-refractivity contribution is 5.05. The van der Waals surface area contributed by atoms with Crippen LogP contribution in [0.3, 0.4) is 0 Å². The molecule has 12 heavy (non-hydrogen) atoms. The number of aliphatic hydroxyl groups excluding tert-OH is 1. The van der Waals surface area contributed by atoms with Crippen molar-refractivity contribution in [2.45, 2.75) is 51.6 Å². The van der Waals surface area contributed by atoms with E-state index >= 15 is 0 Å². The van der Waals surface area contributed by atoms with E-state index in [9.17, 15) is 5.11 Å². The third-order valence-corrected chi connectivity index (χ3v) is 2.86. The zero-order valence-electron chi connectivity index (χ0n) is 8.05. The third kappa shape index (κ3) is 2.34. The first-order chi connectivity index (χ1) is 5.75. The molecule has 1 fully saturated rings. The summed E-state index contributed by atoms with van der Waals surface area (Å²) in [6.07, 6.45) is 6.79. The molecule has 0 spiro atoms. The number of unbranched alkanes of at least 4 members (excludes halogenated alkanes) is 1. The second-order valence-corrected chi connectivity index (χ2v) is 3.87. The number of aliphatic hydroxyl groups is 1. The van der Waals surface area contributed by atoms with Gasteiger partial charge >= 0.3 is 0 Å². The van der Waals surface area contributed by atoms with Crippen LogP contribution in [0.15, 0.2) is 12.2 Å². The fourth-order valence-electron chi connectivity index (χ4n) is 2.01. The highest BCUT2D eigenvalue weighted by Crippen LogP contribution is 2.32. The second kappa shape index (κ2) is 4.66. The molecule has 0 aromatic rings. The molecule has 0 aromatic carbocycles. The average molecular weight is 168 g/mol. The monoisotopic (exact) mass is 168 g/mol. The molecular weight excluding hydrogens is 148 g/mol. The molecule has 1 rings (SSSR count). The van der Waals surface area contributed by atoms with Crippen molar-refractivity contribution in [3.8, 4) is 0 Å². The maximum absolute atomic E-state index is 9.60. The number of hydrogen-bond donors (Lipinski definition) is 1. The smallest absolute Gasteiger partial charge is 0.0605 e. The Labute approximate surface area is 75.5 Å². The Hall–Kier alpha value is -0.300. The molecule has 0 heterocycles. The van der Waals surface area contributed by atoms with E-state index in [1.54, 1.807) is 0 Å². The molecule has 1 aliphatic carbocycles. The Morgan fingerprint density at radius 1 is 1.50 bits per heavy atom. The van der Waals surface area contributed by atoms with Crippen LogP contribution in [0.5, 0.6) is 0 Å². The highest BCUT2D eigenvalue weighted by Gasteiger charge is 2.26. The van der Waals surface area contributed by atoms with Gasteiger partial charge in [0.1, 0.15) is 0 Å². The zero-order chi connectivity index (χ0) is 8.97. The highest BCUT2D eigenvalue weighted by atomic mass is 16.3. The van der Waals surface area contributed by atoms with Crippen molar-refractivity contribution in [2.24, 2.45) is 5.92 Å². The van der Waals surface area contributed by atoms with Gasteiger partial charge in [-0.15, -0.1) is 0 Å². The summed E-state index contributed by atoms with van der Waals surface area (Å²) >= 11 is 0. The predicted molar refractivity (Wildman–Crippen MR) is 52.0 cm³/mol. The summed E-state index contributed by atoms with van der Waals surface area (Å²) in [6.45, 7) is 6.26. The van der Waals surface area contributed by atoms with E-state index < -0.39 is 0 Å². The first-order valence-electron chi connectivity index (χ1n) is 5.11. The van der Waals surface area contributed by atoms with Gasteiger partial charge in [-0.05, 0) is 25.7 Å². The fourth-order valence-corrected chi connectivity index (χ4v) is 2.01. The van der Waals surface area contributed by atoms with E-state index in [0.29, 0.717) is 5.92 Å². The van der Waals surface area contributed by atoms with Gasteiger partial charge in [0.05, 0.1) is 6.10 Å². The Bertz CT molecular complexity index is 151. The standard InChI is InChI=1S/C11H20O/c1-3-4-6-9(2)10-7-5-8-11(10)12/h10-12H,2-8H2,1H3/t10-,11-/m1/s1. The van der Waals surface area contributed by atoms with E-state index in [1.165, 1.54) is 24.8 Å². The minimum absolute atomic E-state index is 0.0886. The van der Waals surface area contributed by atoms with Gasteiger partial charge in [0.15, 0.2) is 0 Å². The van der Waals surface area contributed by atoms with Gasteiger partial charge in [-0.25, -0.2) is 0 Å². The van der Waals surface area contributed by atoms with Gasteiger partial charge in [0.2, 0.25) is 0 Å². The van der Waals surface area contributed by atoms with Crippen molar-refractivity contribution in [1.82, 2.24) is 0 Å². The van der Waals surface area contributed by atoms with Crippen LogP contribution in [0.25, 0.3) is 0 Å². The normalized spacial score (nSPS) is 29.2. The van der Waals surface area contributed by atoms with Gasteiger partial charge in [0.25, 0.3) is 0 Å². The van der Waals surface area contributed by atoms with Crippen LogP contribution in [-0.4, -0.2) is 11.2 Å². The van der Waals surface area contributed by atoms with Crippen molar-refractivity contribution in [3.05, 3.63) is 12.2 Å². The lowest BCUT2D eigenvalue weighted by molar-refractivity contribution is 0.147. The van der Waals surface area contributed by atoms with Gasteiger partial charge in [-0.1, -0.05) is 31.9 Å². The van der Waals surface area contributed by atoms with Crippen LogP contribution in [0.2, 0.25) is 0 Å². The first kappa shape index (κ1) is 9.79. The molecule has 0 saturated heterocycles. The Balaban J connectivity index is 2.30. The van der Waals surface area contributed by atoms with E-state index in [-0.39, 0.29) is 6.10 Å². The second-order valence-electron chi connectivity index (χ2n) is 3.87. The Morgan fingerprint density at radius 3 is 2.75 bits per heavy atom. The largest absolute Gasteiger partial charge is 0.393 e. The van der Waals surface area contributed by atoms with Crippen LogP contribution in [-0.2, 0) is 0 Å². The first-order valence-corrected chi connectivity index (χ1v) is 5.11. The lowest BCUT2D eigenvalue weighted by Crippen LogP contribution is -2.14. The molecule has 0 aliphatic heterocycles. The summed E-state index contributed by atoms with van der Waals surface area (Å²) in [5.74, 6) is 0.413. The van der Waals surface area contributed by atoms with E-state index in [4.69, 9.17) is 0 Å². The van der Waals surface area contributed by atoms with Crippen LogP contribution in [0.4, 0.5) is 0 Å². The van der Waals surface area contributed by atoms with Crippen LogP contribution >= 0.6 is 0 Å². The molecule has 2 atom stereocenters. The molecule has 0 radical (unpaired) electrons. The molecule has 0 bridgehead atoms. The molecule has 0 unspecified atom stereocenters. The lowest BCUT2D eigenvalue weighted by Gasteiger charge is -2.16. The van der Waals surface area contributed by atoms with Crippen LogP contribution in [0, 0.1) is 5.92 Å². The van der Waals surface area contributed by atoms with Gasteiger partial charge in [-0.2, -0.15) is 0 Å². The Kier molecular flexibility index (Phi) is 3.80. The SMILES string of the molecule is C=C(CCCC)[C@H]1CCC[C@H]1O. The molecule has 1 N–H and O–H groups in total. The van der Waals surface area contributed by atoms with Crippen LogP contribution < -0.4 is 0 Å². The molecule has 1 aliphatic rings. The molecule has 0 amide bonds. The summed E-state index contributed by atoms with van der Waals surface area (Å²) in [7, 11) is 0. The van der Waals surface area contributed by atoms with Crippen molar-refractivity contribution in [3.63, 3.8) is 0 Å².